The molecule has 1 aromatic heterocycles. The number of likely N-dealkylation sites (N-methyl/N-ethyl adjacent to an activating group) is 1. The first-order chi connectivity index (χ1) is 8.63. The molecule has 7 nitrogen and oxygen atoms in total. The first-order valence-corrected chi connectivity index (χ1v) is 6.01. The second kappa shape index (κ2) is 5.45. The molecular formula is C11H18N4O3. The van der Waals surface area contributed by atoms with Crippen molar-refractivity contribution in [3.05, 3.63) is 12.2 Å². The minimum atomic E-state index is -0.797. The fourth-order valence-corrected chi connectivity index (χ4v) is 2.25. The van der Waals surface area contributed by atoms with Crippen molar-refractivity contribution in [3.8, 4) is 0 Å². The summed E-state index contributed by atoms with van der Waals surface area (Å²) < 4.78 is 7.00. The van der Waals surface area contributed by atoms with Crippen LogP contribution in [0.25, 0.3) is 0 Å². The van der Waals surface area contributed by atoms with Crippen molar-refractivity contribution in [1.82, 2.24) is 19.7 Å². The molecule has 1 aromatic rings. The van der Waals surface area contributed by atoms with Crippen LogP contribution in [0, 0.1) is 5.92 Å². The van der Waals surface area contributed by atoms with Crippen molar-refractivity contribution in [1.29, 1.82) is 0 Å². The molecule has 0 saturated carbocycles. The third kappa shape index (κ3) is 2.51. The van der Waals surface area contributed by atoms with E-state index in [1.807, 2.05) is 14.0 Å². The average molecular weight is 254 g/mol. The number of aliphatic carboxylic acids is 1. The molecule has 1 saturated heterocycles. The van der Waals surface area contributed by atoms with E-state index in [-0.39, 0.29) is 12.6 Å². The van der Waals surface area contributed by atoms with E-state index < -0.39 is 11.9 Å². The lowest BCUT2D eigenvalue weighted by Gasteiger charge is -2.28. The van der Waals surface area contributed by atoms with E-state index in [0.717, 1.165) is 12.4 Å². The molecule has 1 N–H and O–H groups in total. The fourth-order valence-electron chi connectivity index (χ4n) is 2.25. The van der Waals surface area contributed by atoms with Crippen molar-refractivity contribution < 1.29 is 14.6 Å². The van der Waals surface area contributed by atoms with Crippen molar-refractivity contribution in [2.45, 2.75) is 19.5 Å². The third-order valence-electron chi connectivity index (χ3n) is 3.39. The van der Waals surface area contributed by atoms with Crippen LogP contribution in [0.15, 0.2) is 6.33 Å². The highest BCUT2D eigenvalue weighted by Crippen LogP contribution is 2.21. The first-order valence-electron chi connectivity index (χ1n) is 6.01. The van der Waals surface area contributed by atoms with Gasteiger partial charge in [0.1, 0.15) is 12.2 Å². The van der Waals surface area contributed by atoms with Gasteiger partial charge in [-0.1, -0.05) is 6.92 Å². The summed E-state index contributed by atoms with van der Waals surface area (Å²) in [6, 6.07) is -0.0933. The number of hydrogen-bond acceptors (Lipinski definition) is 5. The molecule has 0 aliphatic carbocycles. The maximum atomic E-state index is 11.2. The topological polar surface area (TPSA) is 80.5 Å². The number of hydrogen-bond donors (Lipinski definition) is 1. The zero-order valence-corrected chi connectivity index (χ0v) is 10.6. The minimum Gasteiger partial charge on any atom is -0.481 e. The van der Waals surface area contributed by atoms with Gasteiger partial charge in [0.2, 0.25) is 0 Å². The largest absolute Gasteiger partial charge is 0.481 e. The van der Waals surface area contributed by atoms with Crippen LogP contribution in [0.5, 0.6) is 0 Å². The summed E-state index contributed by atoms with van der Waals surface area (Å²) in [5, 5.41) is 13.2. The van der Waals surface area contributed by atoms with Gasteiger partial charge in [0, 0.05) is 13.1 Å². The fraction of sp³-hybridized carbons (Fsp3) is 0.727. The molecule has 7 heteroatoms. The molecule has 0 radical (unpaired) electrons. The second-order valence-electron chi connectivity index (χ2n) is 4.41. The van der Waals surface area contributed by atoms with Gasteiger partial charge in [0.05, 0.1) is 25.7 Å². The number of carboxylic acids is 1. The van der Waals surface area contributed by atoms with Gasteiger partial charge in [-0.15, -0.1) is 0 Å². The molecule has 1 aliphatic heterocycles. The summed E-state index contributed by atoms with van der Waals surface area (Å²) in [6.45, 7) is 4.10. The Morgan fingerprint density at radius 2 is 2.44 bits per heavy atom. The standard InChI is InChI=1S/C11H18N4O3/c1-3-15(4-10-12-7-13-14(10)2)9-6-18-5-8(9)11(16)17/h7-9H,3-6H2,1-2H3,(H,16,17). The number of carboxylic acid groups (broad SMARTS) is 1. The minimum absolute atomic E-state index is 0.0933. The highest BCUT2D eigenvalue weighted by molar-refractivity contribution is 5.71. The summed E-state index contributed by atoms with van der Waals surface area (Å²) in [5.41, 5.74) is 0. The first kappa shape index (κ1) is 13.0. The number of ether oxygens (including phenoxy) is 1. The third-order valence-corrected chi connectivity index (χ3v) is 3.39. The van der Waals surface area contributed by atoms with Gasteiger partial charge in [-0.05, 0) is 6.54 Å². The van der Waals surface area contributed by atoms with E-state index in [1.165, 1.54) is 6.33 Å². The molecule has 0 bridgehead atoms. The number of aryl methyl sites for hydroxylation is 1. The van der Waals surface area contributed by atoms with Crippen LogP contribution in [0.1, 0.15) is 12.7 Å². The molecule has 0 spiro atoms. The summed E-state index contributed by atoms with van der Waals surface area (Å²) in [6.07, 6.45) is 1.50. The Balaban J connectivity index is 2.09. The average Bonchev–Trinajstić information content (AvgIpc) is 2.95. The highest BCUT2D eigenvalue weighted by Gasteiger charge is 2.37. The maximum Gasteiger partial charge on any atom is 0.310 e. The molecule has 2 heterocycles. The van der Waals surface area contributed by atoms with Gasteiger partial charge in [-0.2, -0.15) is 5.10 Å². The molecule has 2 atom stereocenters. The Morgan fingerprint density at radius 1 is 1.67 bits per heavy atom. The van der Waals surface area contributed by atoms with E-state index in [1.54, 1.807) is 4.68 Å². The van der Waals surface area contributed by atoms with Crippen molar-refractivity contribution in [2.24, 2.45) is 13.0 Å². The summed E-state index contributed by atoms with van der Waals surface area (Å²) in [4.78, 5) is 17.4. The molecule has 0 aromatic carbocycles. The van der Waals surface area contributed by atoms with E-state index >= 15 is 0 Å². The predicted molar refractivity (Wildman–Crippen MR) is 62.8 cm³/mol. The van der Waals surface area contributed by atoms with Crippen LogP contribution in [-0.4, -0.2) is 56.5 Å². The smallest absolute Gasteiger partial charge is 0.310 e. The lowest BCUT2D eigenvalue weighted by Crippen LogP contribution is -2.43. The van der Waals surface area contributed by atoms with Gasteiger partial charge >= 0.3 is 5.97 Å². The van der Waals surface area contributed by atoms with Crippen LogP contribution in [-0.2, 0) is 23.1 Å². The van der Waals surface area contributed by atoms with Gasteiger partial charge in [-0.3, -0.25) is 14.4 Å². The maximum absolute atomic E-state index is 11.2. The van der Waals surface area contributed by atoms with Gasteiger partial charge in [0.15, 0.2) is 0 Å². The Hall–Kier alpha value is -1.47. The van der Waals surface area contributed by atoms with Gasteiger partial charge in [0.25, 0.3) is 0 Å². The quantitative estimate of drug-likeness (QED) is 0.779. The molecular weight excluding hydrogens is 236 g/mol. The monoisotopic (exact) mass is 254 g/mol. The van der Waals surface area contributed by atoms with Crippen LogP contribution in [0.3, 0.4) is 0 Å². The molecule has 0 amide bonds. The Morgan fingerprint density at radius 3 is 3.00 bits per heavy atom. The number of carbonyl (C=O) groups is 1. The molecule has 1 aliphatic rings. The second-order valence-corrected chi connectivity index (χ2v) is 4.41. The lowest BCUT2D eigenvalue weighted by molar-refractivity contribution is -0.143. The van der Waals surface area contributed by atoms with Gasteiger partial charge < -0.3 is 9.84 Å². The molecule has 100 valence electrons. The zero-order chi connectivity index (χ0) is 13.1. The van der Waals surface area contributed by atoms with Crippen LogP contribution in [0.2, 0.25) is 0 Å². The number of aromatic nitrogens is 3. The molecule has 18 heavy (non-hydrogen) atoms. The molecule has 2 unspecified atom stereocenters. The van der Waals surface area contributed by atoms with E-state index in [9.17, 15) is 4.79 Å². The summed E-state index contributed by atoms with van der Waals surface area (Å²) in [5.74, 6) is -0.431. The van der Waals surface area contributed by atoms with Crippen LogP contribution in [0.4, 0.5) is 0 Å². The number of rotatable bonds is 5. The molecule has 2 rings (SSSR count). The Bertz CT molecular complexity index is 420. The Labute approximate surface area is 105 Å². The van der Waals surface area contributed by atoms with Crippen LogP contribution < -0.4 is 0 Å². The summed E-state index contributed by atoms with van der Waals surface area (Å²) >= 11 is 0. The van der Waals surface area contributed by atoms with E-state index in [2.05, 4.69) is 15.0 Å². The van der Waals surface area contributed by atoms with Crippen molar-refractivity contribution >= 4 is 5.97 Å². The van der Waals surface area contributed by atoms with E-state index in [4.69, 9.17) is 9.84 Å². The summed E-state index contributed by atoms with van der Waals surface area (Å²) in [7, 11) is 1.83. The van der Waals surface area contributed by atoms with Crippen molar-refractivity contribution in [2.75, 3.05) is 19.8 Å². The van der Waals surface area contributed by atoms with Crippen molar-refractivity contribution in [3.63, 3.8) is 0 Å². The normalized spacial score (nSPS) is 23.7. The van der Waals surface area contributed by atoms with E-state index in [0.29, 0.717) is 13.2 Å². The Kier molecular flexibility index (Phi) is 3.93. The van der Waals surface area contributed by atoms with Gasteiger partial charge in [-0.25, -0.2) is 4.98 Å². The molecule has 1 fully saturated rings. The van der Waals surface area contributed by atoms with Crippen LogP contribution >= 0.6 is 0 Å². The zero-order valence-electron chi connectivity index (χ0n) is 10.6. The SMILES string of the molecule is CCN(Cc1ncnn1C)C1COCC1C(=O)O. The highest BCUT2D eigenvalue weighted by atomic mass is 16.5. The predicted octanol–water partition coefficient (Wildman–Crippen LogP) is -0.263. The lowest BCUT2D eigenvalue weighted by atomic mass is 10.0. The number of nitrogens with zero attached hydrogens (tertiary/aromatic N) is 4.